The van der Waals surface area contributed by atoms with Crippen molar-refractivity contribution >= 4 is 11.8 Å². The first-order valence-electron chi connectivity index (χ1n) is 8.13. The Kier molecular flexibility index (Phi) is 4.61. The number of nitrogens with zero attached hydrogens (tertiary/aromatic N) is 2. The number of carbonyl (C=O) groups excluding carboxylic acids is 2. The Morgan fingerprint density at radius 1 is 1.38 bits per heavy atom. The van der Waals surface area contributed by atoms with Crippen LogP contribution in [0.2, 0.25) is 0 Å². The largest absolute Gasteiger partial charge is 0.340 e. The van der Waals surface area contributed by atoms with Crippen LogP contribution in [0.1, 0.15) is 47.0 Å². The van der Waals surface area contributed by atoms with Crippen molar-refractivity contribution in [1.82, 2.24) is 15.1 Å². The van der Waals surface area contributed by atoms with Crippen molar-refractivity contribution in [3.63, 3.8) is 0 Å². The van der Waals surface area contributed by atoms with Crippen molar-refractivity contribution in [2.24, 2.45) is 5.92 Å². The minimum atomic E-state index is -0.751. The highest BCUT2D eigenvalue weighted by atomic mass is 16.2. The lowest BCUT2D eigenvalue weighted by molar-refractivity contribution is -0.160. The zero-order valence-electron chi connectivity index (χ0n) is 14.0. The molecule has 2 aliphatic heterocycles. The number of piperidine rings is 1. The minimum absolute atomic E-state index is 0.00202. The molecule has 2 amide bonds. The average molecular weight is 295 g/mol. The fraction of sp³-hybridized carbons (Fsp3) is 0.875. The van der Waals surface area contributed by atoms with Gasteiger partial charge in [-0.3, -0.25) is 9.59 Å². The molecule has 1 N–H and O–H groups in total. The van der Waals surface area contributed by atoms with Gasteiger partial charge < -0.3 is 15.1 Å². The number of nitrogens with one attached hydrogen (secondary N) is 1. The van der Waals surface area contributed by atoms with Gasteiger partial charge in [0.15, 0.2) is 0 Å². The maximum atomic E-state index is 13.0. The summed E-state index contributed by atoms with van der Waals surface area (Å²) in [5.74, 6) is 0.216. The molecule has 0 bridgehead atoms. The van der Waals surface area contributed by atoms with E-state index in [1.54, 1.807) is 0 Å². The van der Waals surface area contributed by atoms with Crippen LogP contribution >= 0.6 is 0 Å². The Balaban J connectivity index is 2.34. The first-order chi connectivity index (χ1) is 9.80. The Hall–Kier alpha value is -1.10. The molecule has 2 fully saturated rings. The molecule has 0 spiro atoms. The highest BCUT2D eigenvalue weighted by molar-refractivity contribution is 5.99. The van der Waals surface area contributed by atoms with Crippen LogP contribution in [0.25, 0.3) is 0 Å². The minimum Gasteiger partial charge on any atom is -0.340 e. The van der Waals surface area contributed by atoms with Gasteiger partial charge in [0.05, 0.1) is 0 Å². The van der Waals surface area contributed by atoms with Crippen LogP contribution in [0.5, 0.6) is 0 Å². The third-order valence-electron chi connectivity index (χ3n) is 5.01. The van der Waals surface area contributed by atoms with E-state index in [0.29, 0.717) is 6.42 Å². The Bertz CT molecular complexity index is 424. The second kappa shape index (κ2) is 5.95. The number of rotatable bonds is 3. The smallest absolute Gasteiger partial charge is 0.249 e. The maximum Gasteiger partial charge on any atom is 0.249 e. The molecule has 0 aromatic rings. The zero-order valence-corrected chi connectivity index (χ0v) is 14.0. The van der Waals surface area contributed by atoms with Crippen LogP contribution in [-0.2, 0) is 9.59 Å². The molecule has 2 heterocycles. The van der Waals surface area contributed by atoms with Gasteiger partial charge in [-0.15, -0.1) is 0 Å². The number of amides is 2. The van der Waals surface area contributed by atoms with Crippen LogP contribution in [0, 0.1) is 5.92 Å². The number of hydrogen-bond acceptors (Lipinski definition) is 3. The highest BCUT2D eigenvalue weighted by Gasteiger charge is 2.50. The number of hydrogen-bond donors (Lipinski definition) is 1. The van der Waals surface area contributed by atoms with Crippen LogP contribution < -0.4 is 5.32 Å². The van der Waals surface area contributed by atoms with Gasteiger partial charge in [0.25, 0.3) is 0 Å². The van der Waals surface area contributed by atoms with Crippen molar-refractivity contribution in [2.45, 2.75) is 64.6 Å². The van der Waals surface area contributed by atoms with Crippen molar-refractivity contribution < 1.29 is 9.59 Å². The van der Waals surface area contributed by atoms with E-state index >= 15 is 0 Å². The predicted octanol–water partition coefficient (Wildman–Crippen LogP) is 1.23. The van der Waals surface area contributed by atoms with Crippen LogP contribution in [-0.4, -0.2) is 59.4 Å². The monoisotopic (exact) mass is 295 g/mol. The normalized spacial score (nSPS) is 35.2. The van der Waals surface area contributed by atoms with Crippen molar-refractivity contribution in [3.05, 3.63) is 0 Å². The van der Waals surface area contributed by atoms with Crippen molar-refractivity contribution in [1.29, 1.82) is 0 Å². The molecule has 0 aromatic carbocycles. The van der Waals surface area contributed by atoms with Crippen molar-refractivity contribution in [3.8, 4) is 0 Å². The Morgan fingerprint density at radius 3 is 2.57 bits per heavy atom. The summed E-state index contributed by atoms with van der Waals surface area (Å²) in [5, 5.41) is 2.96. The van der Waals surface area contributed by atoms with Crippen LogP contribution in [0.4, 0.5) is 0 Å². The Labute approximate surface area is 128 Å². The first-order valence-corrected chi connectivity index (χ1v) is 8.13. The first kappa shape index (κ1) is 16.3. The molecule has 3 unspecified atom stereocenters. The summed E-state index contributed by atoms with van der Waals surface area (Å²) in [5.41, 5.74) is -0.751. The molecule has 2 aliphatic rings. The summed E-state index contributed by atoms with van der Waals surface area (Å²) in [6, 6.07) is -0.186. The zero-order chi connectivity index (χ0) is 15.8. The van der Waals surface area contributed by atoms with E-state index in [4.69, 9.17) is 0 Å². The molecular weight excluding hydrogens is 266 g/mol. The van der Waals surface area contributed by atoms with E-state index < -0.39 is 5.54 Å². The number of piperazine rings is 1. The third kappa shape index (κ3) is 2.93. The second-order valence-corrected chi connectivity index (χ2v) is 7.13. The molecule has 2 saturated heterocycles. The van der Waals surface area contributed by atoms with Crippen LogP contribution in [0.15, 0.2) is 0 Å². The second-order valence-electron chi connectivity index (χ2n) is 7.13. The molecule has 5 nitrogen and oxygen atoms in total. The fourth-order valence-electron chi connectivity index (χ4n) is 3.56. The summed E-state index contributed by atoms with van der Waals surface area (Å²) in [6.07, 6.45) is 2.70. The molecular formula is C16H29N3O2. The van der Waals surface area contributed by atoms with Gasteiger partial charge in [-0.1, -0.05) is 20.8 Å². The topological polar surface area (TPSA) is 52.7 Å². The van der Waals surface area contributed by atoms with Gasteiger partial charge in [-0.2, -0.15) is 0 Å². The van der Waals surface area contributed by atoms with E-state index in [-0.39, 0.29) is 29.8 Å². The molecule has 0 saturated carbocycles. The lowest BCUT2D eigenvalue weighted by Gasteiger charge is -2.50. The van der Waals surface area contributed by atoms with E-state index in [9.17, 15) is 9.59 Å². The summed E-state index contributed by atoms with van der Waals surface area (Å²) >= 11 is 0. The summed E-state index contributed by atoms with van der Waals surface area (Å²) in [6.45, 7) is 9.78. The Morgan fingerprint density at radius 2 is 2.05 bits per heavy atom. The molecule has 0 aromatic heterocycles. The third-order valence-corrected chi connectivity index (χ3v) is 5.01. The molecule has 0 radical (unpaired) electrons. The SMILES string of the molecule is CCC1(C)NC(=O)C(C(C)C)N(C2CCCN(C)C2)C1=O. The molecule has 120 valence electrons. The van der Waals surface area contributed by atoms with Crippen LogP contribution in [0.3, 0.4) is 0 Å². The van der Waals surface area contributed by atoms with Gasteiger partial charge in [-0.25, -0.2) is 0 Å². The fourth-order valence-corrected chi connectivity index (χ4v) is 3.56. The highest BCUT2D eigenvalue weighted by Crippen LogP contribution is 2.29. The van der Waals surface area contributed by atoms with E-state index in [1.165, 1.54) is 0 Å². The quantitative estimate of drug-likeness (QED) is 0.852. The standard InChI is InChI=1S/C16H29N3O2/c1-6-16(4)15(21)19(12-8-7-9-18(5)10-12)13(11(2)3)14(20)17-16/h11-13H,6-10H2,1-5H3,(H,17,20). The maximum absolute atomic E-state index is 13.0. The molecule has 0 aliphatic carbocycles. The molecule has 3 atom stereocenters. The van der Waals surface area contributed by atoms with Gasteiger partial charge in [0.2, 0.25) is 11.8 Å². The summed E-state index contributed by atoms with van der Waals surface area (Å²) in [4.78, 5) is 29.8. The average Bonchev–Trinajstić information content (AvgIpc) is 2.42. The van der Waals surface area contributed by atoms with Gasteiger partial charge in [0.1, 0.15) is 11.6 Å². The summed E-state index contributed by atoms with van der Waals surface area (Å²) in [7, 11) is 2.09. The lowest BCUT2D eigenvalue weighted by Crippen LogP contribution is -2.73. The van der Waals surface area contributed by atoms with E-state index in [0.717, 1.165) is 25.9 Å². The van der Waals surface area contributed by atoms with E-state index in [2.05, 4.69) is 17.3 Å². The van der Waals surface area contributed by atoms with Gasteiger partial charge in [-0.05, 0) is 45.7 Å². The predicted molar refractivity (Wildman–Crippen MR) is 82.8 cm³/mol. The summed E-state index contributed by atoms with van der Waals surface area (Å²) < 4.78 is 0. The van der Waals surface area contributed by atoms with Gasteiger partial charge >= 0.3 is 0 Å². The molecule has 5 heteroatoms. The van der Waals surface area contributed by atoms with Gasteiger partial charge in [0, 0.05) is 12.6 Å². The number of carbonyl (C=O) groups is 2. The van der Waals surface area contributed by atoms with Crippen molar-refractivity contribution in [2.75, 3.05) is 20.1 Å². The number of likely N-dealkylation sites (tertiary alicyclic amines) is 1. The molecule has 2 rings (SSSR count). The van der Waals surface area contributed by atoms with E-state index in [1.807, 2.05) is 32.6 Å². The number of likely N-dealkylation sites (N-methyl/N-ethyl adjacent to an activating group) is 1. The lowest BCUT2D eigenvalue weighted by atomic mass is 9.86. The molecule has 21 heavy (non-hydrogen) atoms.